The Bertz CT molecular complexity index is 892. The molecule has 1 aromatic carbocycles. The lowest BCUT2D eigenvalue weighted by Gasteiger charge is -2.13. The van der Waals surface area contributed by atoms with Crippen molar-refractivity contribution in [3.63, 3.8) is 0 Å². The Kier molecular flexibility index (Phi) is 7.64. The molecule has 2 aromatic rings. The van der Waals surface area contributed by atoms with Gasteiger partial charge in [0.1, 0.15) is 9.96 Å². The third-order valence-corrected chi connectivity index (χ3v) is 6.29. The van der Waals surface area contributed by atoms with Gasteiger partial charge < -0.3 is 15.4 Å². The van der Waals surface area contributed by atoms with Gasteiger partial charge in [0.05, 0.1) is 13.7 Å². The van der Waals surface area contributed by atoms with Gasteiger partial charge in [-0.25, -0.2) is 18.5 Å². The van der Waals surface area contributed by atoms with Crippen molar-refractivity contribution in [1.29, 1.82) is 0 Å². The Morgan fingerprint density at radius 1 is 1.26 bits per heavy atom. The van der Waals surface area contributed by atoms with E-state index in [9.17, 15) is 8.42 Å². The molecule has 0 atom stereocenters. The highest BCUT2D eigenvalue weighted by atomic mass is 32.2. The maximum atomic E-state index is 11.4. The van der Waals surface area contributed by atoms with E-state index in [1.165, 1.54) is 11.6 Å². The predicted octanol–water partition coefficient (Wildman–Crippen LogP) is 2.01. The minimum Gasteiger partial charge on any atom is -0.496 e. The van der Waals surface area contributed by atoms with Crippen LogP contribution in [0, 0.1) is 6.92 Å². The van der Waals surface area contributed by atoms with Crippen LogP contribution < -0.4 is 20.5 Å². The summed E-state index contributed by atoms with van der Waals surface area (Å²) >= 11 is 1.14. The number of benzene rings is 1. The summed E-state index contributed by atoms with van der Waals surface area (Å²) < 4.78 is 28.3. The van der Waals surface area contributed by atoms with E-state index in [2.05, 4.69) is 28.6 Å². The van der Waals surface area contributed by atoms with E-state index < -0.39 is 10.0 Å². The molecule has 0 aliphatic carbocycles. The number of rotatable bonds is 8. The summed E-state index contributed by atoms with van der Waals surface area (Å²) in [6.45, 7) is 5.85. The molecule has 0 radical (unpaired) electrons. The molecule has 0 unspecified atom stereocenters. The van der Waals surface area contributed by atoms with E-state index in [1.54, 1.807) is 13.2 Å². The highest BCUT2D eigenvalue weighted by Crippen LogP contribution is 2.21. The fraction of sp³-hybridized carbons (Fsp3) is 0.389. The number of nitrogens with two attached hydrogens (primary N) is 1. The van der Waals surface area contributed by atoms with Crippen LogP contribution in [-0.2, 0) is 23.0 Å². The highest BCUT2D eigenvalue weighted by molar-refractivity contribution is 7.91. The van der Waals surface area contributed by atoms with Crippen LogP contribution in [0.4, 0.5) is 0 Å². The fourth-order valence-electron chi connectivity index (χ4n) is 2.51. The van der Waals surface area contributed by atoms with Crippen LogP contribution in [0.2, 0.25) is 0 Å². The smallest absolute Gasteiger partial charge is 0.247 e. The zero-order valence-electron chi connectivity index (χ0n) is 15.8. The Labute approximate surface area is 164 Å². The zero-order chi connectivity index (χ0) is 19.9. The number of methoxy groups -OCH3 is 1. The van der Waals surface area contributed by atoms with Crippen molar-refractivity contribution in [2.24, 2.45) is 10.1 Å². The monoisotopic (exact) mass is 410 g/mol. The van der Waals surface area contributed by atoms with Crippen LogP contribution in [0.1, 0.15) is 22.9 Å². The van der Waals surface area contributed by atoms with Crippen molar-refractivity contribution in [2.45, 2.75) is 31.0 Å². The minimum atomic E-state index is -3.66. The average Bonchev–Trinajstić information content (AvgIpc) is 3.09. The first-order valence-corrected chi connectivity index (χ1v) is 11.0. The van der Waals surface area contributed by atoms with E-state index in [0.717, 1.165) is 40.5 Å². The summed E-state index contributed by atoms with van der Waals surface area (Å²) in [5.41, 5.74) is 2.33. The lowest BCUT2D eigenvalue weighted by molar-refractivity contribution is 0.409. The molecule has 27 heavy (non-hydrogen) atoms. The lowest BCUT2D eigenvalue weighted by Crippen LogP contribution is -2.38. The quantitative estimate of drug-likeness (QED) is 0.456. The highest BCUT2D eigenvalue weighted by Gasteiger charge is 2.11. The van der Waals surface area contributed by atoms with Crippen LogP contribution in [-0.4, -0.2) is 34.6 Å². The lowest BCUT2D eigenvalue weighted by atomic mass is 10.1. The van der Waals surface area contributed by atoms with Gasteiger partial charge in [-0.1, -0.05) is 17.7 Å². The standard InChI is InChI=1S/C18H26N4O3S2/c1-4-20-18(22-12-15-6-8-17(26-15)27(19,23)24)21-10-9-14-11-13(2)5-7-16(14)25-3/h5-8,11H,4,9-10,12H2,1-3H3,(H2,19,23,24)(H2,20,21,22). The molecule has 2 rings (SSSR count). The largest absolute Gasteiger partial charge is 0.496 e. The first kappa shape index (κ1) is 21.2. The number of guanidine groups is 1. The Morgan fingerprint density at radius 2 is 2.04 bits per heavy atom. The molecule has 0 saturated heterocycles. The van der Waals surface area contributed by atoms with E-state index in [-0.39, 0.29) is 4.21 Å². The number of aliphatic imine (C=N–C) groups is 1. The number of nitrogens with zero attached hydrogens (tertiary/aromatic N) is 1. The first-order valence-electron chi connectivity index (χ1n) is 8.60. The van der Waals surface area contributed by atoms with E-state index in [0.29, 0.717) is 19.0 Å². The molecule has 1 aromatic heterocycles. The number of nitrogens with one attached hydrogen (secondary N) is 2. The van der Waals surface area contributed by atoms with Gasteiger partial charge >= 0.3 is 0 Å². The van der Waals surface area contributed by atoms with Crippen molar-refractivity contribution in [1.82, 2.24) is 10.6 Å². The molecular formula is C18H26N4O3S2. The van der Waals surface area contributed by atoms with E-state index in [4.69, 9.17) is 9.88 Å². The topological polar surface area (TPSA) is 106 Å². The summed E-state index contributed by atoms with van der Waals surface area (Å²) in [6.07, 6.45) is 0.795. The molecule has 148 valence electrons. The molecule has 0 saturated carbocycles. The van der Waals surface area contributed by atoms with Gasteiger partial charge in [0, 0.05) is 18.0 Å². The van der Waals surface area contributed by atoms with Crippen LogP contribution >= 0.6 is 11.3 Å². The second-order valence-corrected chi connectivity index (χ2v) is 8.91. The third-order valence-electron chi connectivity index (χ3n) is 3.78. The molecule has 0 fully saturated rings. The normalized spacial score (nSPS) is 12.1. The summed E-state index contributed by atoms with van der Waals surface area (Å²) in [5.74, 6) is 1.55. The Balaban J connectivity index is 1.98. The molecule has 0 amide bonds. The summed E-state index contributed by atoms with van der Waals surface area (Å²) in [5, 5.41) is 11.6. The number of sulfonamides is 1. The molecular weight excluding hydrogens is 384 g/mol. The van der Waals surface area contributed by atoms with Gasteiger partial charge in [0.15, 0.2) is 5.96 Å². The van der Waals surface area contributed by atoms with Gasteiger partial charge in [-0.3, -0.25) is 0 Å². The zero-order valence-corrected chi connectivity index (χ0v) is 17.4. The number of primary sulfonamides is 1. The molecule has 0 bridgehead atoms. The minimum absolute atomic E-state index is 0.150. The first-order chi connectivity index (χ1) is 12.8. The molecule has 0 aliphatic heterocycles. The second-order valence-electron chi connectivity index (χ2n) is 5.95. The van der Waals surface area contributed by atoms with E-state index in [1.807, 2.05) is 19.1 Å². The van der Waals surface area contributed by atoms with Gasteiger partial charge in [-0.05, 0) is 44.0 Å². The molecule has 7 nitrogen and oxygen atoms in total. The molecule has 9 heteroatoms. The summed E-state index contributed by atoms with van der Waals surface area (Å²) in [6, 6.07) is 9.36. The van der Waals surface area contributed by atoms with Gasteiger partial charge in [-0.2, -0.15) is 0 Å². The van der Waals surface area contributed by atoms with Crippen LogP contribution in [0.15, 0.2) is 39.5 Å². The Hall–Kier alpha value is -2.10. The summed E-state index contributed by atoms with van der Waals surface area (Å²) in [7, 11) is -1.99. The van der Waals surface area contributed by atoms with E-state index >= 15 is 0 Å². The third kappa shape index (κ3) is 6.53. The number of aryl methyl sites for hydroxylation is 1. The second kappa shape index (κ2) is 9.72. The molecule has 0 aliphatic rings. The Morgan fingerprint density at radius 3 is 2.67 bits per heavy atom. The van der Waals surface area contributed by atoms with Crippen molar-refractivity contribution < 1.29 is 13.2 Å². The SMILES string of the molecule is CCNC(=NCc1ccc(S(N)(=O)=O)s1)NCCc1cc(C)ccc1OC. The van der Waals surface area contributed by atoms with Crippen LogP contribution in [0.3, 0.4) is 0 Å². The number of hydrogen-bond donors (Lipinski definition) is 3. The number of ether oxygens (including phenoxy) is 1. The summed E-state index contributed by atoms with van der Waals surface area (Å²) in [4.78, 5) is 5.34. The van der Waals surface area contributed by atoms with Crippen molar-refractivity contribution >= 4 is 27.3 Å². The van der Waals surface area contributed by atoms with Crippen molar-refractivity contribution in [3.8, 4) is 5.75 Å². The average molecular weight is 411 g/mol. The molecule has 4 N–H and O–H groups in total. The molecule has 0 spiro atoms. The van der Waals surface area contributed by atoms with Gasteiger partial charge in [0.2, 0.25) is 10.0 Å². The van der Waals surface area contributed by atoms with Crippen LogP contribution in [0.25, 0.3) is 0 Å². The maximum absolute atomic E-state index is 11.4. The fourth-order valence-corrected chi connectivity index (χ4v) is 4.22. The molecule has 1 heterocycles. The van der Waals surface area contributed by atoms with Gasteiger partial charge in [0.25, 0.3) is 0 Å². The maximum Gasteiger partial charge on any atom is 0.247 e. The van der Waals surface area contributed by atoms with Crippen molar-refractivity contribution in [3.05, 3.63) is 46.3 Å². The van der Waals surface area contributed by atoms with Crippen LogP contribution in [0.5, 0.6) is 5.75 Å². The number of thiophene rings is 1. The predicted molar refractivity (Wildman–Crippen MR) is 110 cm³/mol. The van der Waals surface area contributed by atoms with Gasteiger partial charge in [-0.15, -0.1) is 11.3 Å². The number of hydrogen-bond acceptors (Lipinski definition) is 5. The van der Waals surface area contributed by atoms with Crippen molar-refractivity contribution in [2.75, 3.05) is 20.2 Å².